The summed E-state index contributed by atoms with van der Waals surface area (Å²) in [6.07, 6.45) is 1.94. The second-order valence-corrected chi connectivity index (χ2v) is 8.02. The number of H-pyrrole nitrogens is 1. The Hall–Kier alpha value is -3.32. The van der Waals surface area contributed by atoms with Gasteiger partial charge in [0.1, 0.15) is 5.75 Å². The van der Waals surface area contributed by atoms with Crippen molar-refractivity contribution in [2.45, 2.75) is 26.4 Å². The van der Waals surface area contributed by atoms with Crippen LogP contribution in [-0.4, -0.2) is 58.5 Å². The van der Waals surface area contributed by atoms with Crippen molar-refractivity contribution >= 4 is 22.8 Å². The molecule has 1 unspecified atom stereocenters. The summed E-state index contributed by atoms with van der Waals surface area (Å²) >= 11 is 0. The van der Waals surface area contributed by atoms with E-state index in [-0.39, 0.29) is 17.5 Å². The van der Waals surface area contributed by atoms with E-state index in [2.05, 4.69) is 28.9 Å². The Kier molecular flexibility index (Phi) is 5.69. The number of nitrogens with one attached hydrogen (secondary N) is 1. The van der Waals surface area contributed by atoms with E-state index in [1.54, 1.807) is 26.2 Å². The average Bonchev–Trinajstić information content (AvgIpc) is 3.26. The number of benzene rings is 2. The van der Waals surface area contributed by atoms with Crippen LogP contribution >= 0.6 is 0 Å². The summed E-state index contributed by atoms with van der Waals surface area (Å²) in [4.78, 5) is 30.8. The lowest BCUT2D eigenvalue weighted by Crippen LogP contribution is -2.49. The topological polar surface area (TPSA) is 85.9 Å². The van der Waals surface area contributed by atoms with Crippen molar-refractivity contribution in [1.82, 2.24) is 14.8 Å². The molecule has 0 radical (unpaired) electrons. The van der Waals surface area contributed by atoms with E-state index in [9.17, 15) is 14.7 Å². The summed E-state index contributed by atoms with van der Waals surface area (Å²) in [6.45, 7) is 6.24. The molecule has 0 spiro atoms. The third-order valence-corrected chi connectivity index (χ3v) is 6.17. The second-order valence-electron chi connectivity index (χ2n) is 8.02. The van der Waals surface area contributed by atoms with Gasteiger partial charge in [-0.05, 0) is 42.3 Å². The van der Waals surface area contributed by atoms with Crippen LogP contribution < -0.4 is 4.74 Å². The largest absolute Gasteiger partial charge is 0.496 e. The van der Waals surface area contributed by atoms with Crippen LogP contribution in [0.1, 0.15) is 40.0 Å². The predicted octanol–water partition coefficient (Wildman–Crippen LogP) is 3.59. The first-order valence-corrected chi connectivity index (χ1v) is 10.4. The minimum Gasteiger partial charge on any atom is -0.496 e. The van der Waals surface area contributed by atoms with Gasteiger partial charge < -0.3 is 19.7 Å². The van der Waals surface area contributed by atoms with Crippen molar-refractivity contribution < 1.29 is 19.4 Å². The lowest BCUT2D eigenvalue weighted by Gasteiger charge is -2.41. The second kappa shape index (κ2) is 8.43. The minimum atomic E-state index is -0.948. The smallest absolute Gasteiger partial charge is 0.335 e. The van der Waals surface area contributed by atoms with E-state index in [0.717, 1.165) is 33.3 Å². The molecule has 1 aliphatic heterocycles. The fourth-order valence-electron chi connectivity index (χ4n) is 4.44. The highest BCUT2D eigenvalue weighted by atomic mass is 16.5. The Bertz CT molecular complexity index is 1120. The number of ether oxygens (including phenoxy) is 1. The summed E-state index contributed by atoms with van der Waals surface area (Å²) in [6, 6.07) is 11.0. The van der Waals surface area contributed by atoms with E-state index in [4.69, 9.17) is 4.74 Å². The van der Waals surface area contributed by atoms with Crippen LogP contribution in [0.4, 0.5) is 0 Å². The molecule has 1 aromatic heterocycles. The van der Waals surface area contributed by atoms with Gasteiger partial charge >= 0.3 is 5.97 Å². The molecular formula is C24H27N3O4. The predicted molar refractivity (Wildman–Crippen MR) is 118 cm³/mol. The van der Waals surface area contributed by atoms with Gasteiger partial charge in [0.15, 0.2) is 0 Å². The number of carboxylic acid groups (broad SMARTS) is 1. The maximum atomic E-state index is 12.1. The van der Waals surface area contributed by atoms with Gasteiger partial charge in [0.05, 0.1) is 18.7 Å². The van der Waals surface area contributed by atoms with Crippen molar-refractivity contribution in [2.75, 3.05) is 26.7 Å². The number of nitrogens with zero attached hydrogens (tertiary/aromatic N) is 2. The van der Waals surface area contributed by atoms with Crippen LogP contribution in [0, 0.1) is 6.92 Å². The van der Waals surface area contributed by atoms with Crippen LogP contribution in [0.15, 0.2) is 42.6 Å². The SMILES string of the molecule is COc1cc(C)c2[nH]ccc2c1CN1CCN(C(C)=O)CC1c1ccc(C(=O)O)cc1. The zero-order valence-electron chi connectivity index (χ0n) is 18.0. The number of methoxy groups -OCH3 is 1. The molecule has 2 N–H and O–H groups in total. The molecule has 1 amide bonds. The van der Waals surface area contributed by atoms with Crippen molar-refractivity contribution in [3.63, 3.8) is 0 Å². The highest BCUT2D eigenvalue weighted by Crippen LogP contribution is 2.35. The molecule has 1 aliphatic rings. The van der Waals surface area contributed by atoms with Crippen molar-refractivity contribution in [3.05, 3.63) is 64.8 Å². The number of hydrogen-bond donors (Lipinski definition) is 2. The maximum absolute atomic E-state index is 12.1. The molecule has 7 nitrogen and oxygen atoms in total. The number of aromatic nitrogens is 1. The summed E-state index contributed by atoms with van der Waals surface area (Å²) < 4.78 is 5.72. The van der Waals surface area contributed by atoms with Gasteiger partial charge in [-0.25, -0.2) is 4.79 Å². The van der Waals surface area contributed by atoms with Gasteiger partial charge in [-0.1, -0.05) is 12.1 Å². The van der Waals surface area contributed by atoms with E-state index in [1.807, 2.05) is 23.2 Å². The molecule has 0 saturated carbocycles. The number of fused-ring (bicyclic) bond motifs is 1. The number of piperazine rings is 1. The summed E-state index contributed by atoms with van der Waals surface area (Å²) in [5.74, 6) is -0.0528. The zero-order valence-corrected chi connectivity index (χ0v) is 18.0. The zero-order chi connectivity index (χ0) is 22.1. The first-order valence-electron chi connectivity index (χ1n) is 10.4. The van der Waals surface area contributed by atoms with E-state index < -0.39 is 5.97 Å². The van der Waals surface area contributed by atoms with Crippen LogP contribution in [-0.2, 0) is 11.3 Å². The monoisotopic (exact) mass is 421 g/mol. The number of carbonyl (C=O) groups is 2. The fraction of sp³-hybridized carbons (Fsp3) is 0.333. The number of carbonyl (C=O) groups excluding carboxylic acids is 1. The molecule has 4 rings (SSSR count). The molecule has 3 aromatic rings. The van der Waals surface area contributed by atoms with Gasteiger partial charge in [-0.15, -0.1) is 0 Å². The third kappa shape index (κ3) is 4.01. The molecule has 162 valence electrons. The molecule has 2 heterocycles. The molecular weight excluding hydrogens is 394 g/mol. The normalized spacial score (nSPS) is 17.1. The number of amides is 1. The van der Waals surface area contributed by atoms with E-state index in [0.29, 0.717) is 26.2 Å². The number of hydrogen-bond acceptors (Lipinski definition) is 4. The van der Waals surface area contributed by atoms with E-state index >= 15 is 0 Å². The lowest BCUT2D eigenvalue weighted by molar-refractivity contribution is -0.132. The van der Waals surface area contributed by atoms with Crippen LogP contribution in [0.2, 0.25) is 0 Å². The quantitative estimate of drug-likeness (QED) is 0.658. The molecule has 1 fully saturated rings. The maximum Gasteiger partial charge on any atom is 0.335 e. The van der Waals surface area contributed by atoms with Gasteiger partial charge in [-0.2, -0.15) is 0 Å². The number of aryl methyl sites for hydroxylation is 1. The third-order valence-electron chi connectivity index (χ3n) is 6.17. The molecule has 7 heteroatoms. The molecule has 1 saturated heterocycles. The minimum absolute atomic E-state index is 0.0412. The van der Waals surface area contributed by atoms with Gasteiger partial charge in [-0.3, -0.25) is 9.69 Å². The molecule has 1 atom stereocenters. The van der Waals surface area contributed by atoms with Crippen molar-refractivity contribution in [2.24, 2.45) is 0 Å². The Morgan fingerprint density at radius 2 is 1.94 bits per heavy atom. The van der Waals surface area contributed by atoms with Crippen LogP contribution in [0.25, 0.3) is 10.9 Å². The Balaban J connectivity index is 1.71. The number of aromatic amines is 1. The number of carboxylic acids is 1. The first kappa shape index (κ1) is 20.9. The summed E-state index contributed by atoms with van der Waals surface area (Å²) in [5, 5.41) is 10.4. The Morgan fingerprint density at radius 1 is 1.19 bits per heavy atom. The summed E-state index contributed by atoms with van der Waals surface area (Å²) in [5.41, 5.74) is 4.58. The molecule has 0 aliphatic carbocycles. The van der Waals surface area contributed by atoms with E-state index in [1.165, 1.54) is 0 Å². The number of aromatic carboxylic acids is 1. The standard InChI is InChI=1S/C24H27N3O4/c1-15-12-22(31-3)20(19-8-9-25-23(15)19)13-27-11-10-26(16(2)28)14-21(27)17-4-6-18(7-5-17)24(29)30/h4-9,12,21,25H,10-11,13-14H2,1-3H3,(H,29,30). The Labute approximate surface area is 181 Å². The fourth-order valence-corrected chi connectivity index (χ4v) is 4.44. The van der Waals surface area contributed by atoms with Crippen molar-refractivity contribution in [1.29, 1.82) is 0 Å². The van der Waals surface area contributed by atoms with Gasteiger partial charge in [0.25, 0.3) is 0 Å². The highest BCUT2D eigenvalue weighted by molar-refractivity contribution is 5.88. The first-order chi connectivity index (χ1) is 14.9. The number of rotatable bonds is 5. The molecule has 0 bridgehead atoms. The lowest BCUT2D eigenvalue weighted by atomic mass is 9.98. The molecule has 2 aromatic carbocycles. The average molecular weight is 421 g/mol. The molecule has 31 heavy (non-hydrogen) atoms. The van der Waals surface area contributed by atoms with Gasteiger partial charge in [0, 0.05) is 55.8 Å². The summed E-state index contributed by atoms with van der Waals surface area (Å²) in [7, 11) is 1.69. The highest BCUT2D eigenvalue weighted by Gasteiger charge is 2.30. The van der Waals surface area contributed by atoms with Crippen molar-refractivity contribution in [3.8, 4) is 5.75 Å². The van der Waals surface area contributed by atoms with Gasteiger partial charge in [0.2, 0.25) is 5.91 Å². The van der Waals surface area contributed by atoms with Crippen LogP contribution in [0.5, 0.6) is 5.75 Å². The Morgan fingerprint density at radius 3 is 2.58 bits per heavy atom. The van der Waals surface area contributed by atoms with Crippen LogP contribution in [0.3, 0.4) is 0 Å².